The van der Waals surface area contributed by atoms with Gasteiger partial charge in [0.2, 0.25) is 0 Å². The van der Waals surface area contributed by atoms with Crippen LogP contribution in [0.3, 0.4) is 0 Å². The highest BCUT2D eigenvalue weighted by atomic mass is 19.3. The van der Waals surface area contributed by atoms with E-state index in [0.29, 0.717) is 37.4 Å². The Hall–Kier alpha value is -3.27. The Labute approximate surface area is 237 Å². The molecule has 3 heterocycles. The number of benzene rings is 2. The maximum atomic E-state index is 14.0. The quantitative estimate of drug-likeness (QED) is 0.427. The SMILES string of the molecule is CC(F)(F)COc1cc(F)ccc1-c1ccc(CN2CC3(CC(N4CCC(C)(C(=O)O)CC4)=NO3)C2)cc1C1CC1. The highest BCUT2D eigenvalue weighted by Gasteiger charge is 2.51. The Morgan fingerprint density at radius 1 is 1.15 bits per heavy atom. The fraction of sp³-hybridized carbons (Fsp3) is 0.548. The molecule has 3 aliphatic heterocycles. The molecule has 2 aromatic carbocycles. The summed E-state index contributed by atoms with van der Waals surface area (Å²) in [5, 5.41) is 13.9. The number of carboxylic acid groups (broad SMARTS) is 1. The second kappa shape index (κ2) is 10.2. The molecule has 41 heavy (non-hydrogen) atoms. The van der Waals surface area contributed by atoms with Gasteiger partial charge in [-0.1, -0.05) is 23.4 Å². The largest absolute Gasteiger partial charge is 0.487 e. The number of piperidine rings is 1. The van der Waals surface area contributed by atoms with Crippen molar-refractivity contribution in [3.63, 3.8) is 0 Å². The third-order valence-corrected chi connectivity index (χ3v) is 8.85. The lowest BCUT2D eigenvalue weighted by Gasteiger charge is -2.45. The van der Waals surface area contributed by atoms with Crippen molar-refractivity contribution >= 4 is 11.8 Å². The van der Waals surface area contributed by atoms with E-state index in [2.05, 4.69) is 21.0 Å². The molecule has 0 bridgehead atoms. The topological polar surface area (TPSA) is 74.6 Å². The van der Waals surface area contributed by atoms with Crippen LogP contribution < -0.4 is 4.74 Å². The summed E-state index contributed by atoms with van der Waals surface area (Å²) >= 11 is 0. The summed E-state index contributed by atoms with van der Waals surface area (Å²) in [4.78, 5) is 22.0. The van der Waals surface area contributed by atoms with Gasteiger partial charge < -0.3 is 19.6 Å². The summed E-state index contributed by atoms with van der Waals surface area (Å²) in [6.45, 7) is 5.37. The molecule has 0 unspecified atom stereocenters. The van der Waals surface area contributed by atoms with Crippen LogP contribution in [0.25, 0.3) is 11.1 Å². The second-order valence-corrected chi connectivity index (χ2v) is 12.7. The second-order valence-electron chi connectivity index (χ2n) is 12.7. The smallest absolute Gasteiger partial charge is 0.309 e. The molecular weight excluding hydrogens is 535 g/mol. The van der Waals surface area contributed by atoms with Crippen LogP contribution in [0.4, 0.5) is 13.2 Å². The van der Waals surface area contributed by atoms with E-state index in [-0.39, 0.29) is 11.4 Å². The fourth-order valence-electron chi connectivity index (χ4n) is 6.18. The molecule has 6 rings (SSSR count). The van der Waals surface area contributed by atoms with Gasteiger partial charge in [-0.05, 0) is 67.3 Å². The predicted molar refractivity (Wildman–Crippen MR) is 148 cm³/mol. The molecule has 3 fully saturated rings. The molecular formula is C31H36F3N3O4. The van der Waals surface area contributed by atoms with Gasteiger partial charge in [0.05, 0.1) is 11.8 Å². The summed E-state index contributed by atoms with van der Waals surface area (Å²) < 4.78 is 46.4. The van der Waals surface area contributed by atoms with Gasteiger partial charge in [-0.15, -0.1) is 0 Å². The van der Waals surface area contributed by atoms with Crippen LogP contribution >= 0.6 is 0 Å². The van der Waals surface area contributed by atoms with Crippen molar-refractivity contribution in [1.82, 2.24) is 9.80 Å². The van der Waals surface area contributed by atoms with E-state index in [1.807, 2.05) is 19.1 Å². The molecule has 0 atom stereocenters. The Bertz CT molecular complexity index is 1360. The predicted octanol–water partition coefficient (Wildman–Crippen LogP) is 5.88. The minimum absolute atomic E-state index is 0.126. The lowest BCUT2D eigenvalue weighted by atomic mass is 9.80. The molecule has 1 saturated carbocycles. The number of oxime groups is 1. The number of hydrogen-bond donors (Lipinski definition) is 1. The number of hydrogen-bond acceptors (Lipinski definition) is 6. The van der Waals surface area contributed by atoms with Gasteiger partial charge in [0.1, 0.15) is 17.4 Å². The molecule has 0 amide bonds. The molecule has 1 N–H and O–H groups in total. The first-order valence-corrected chi connectivity index (χ1v) is 14.3. The van der Waals surface area contributed by atoms with Gasteiger partial charge in [-0.3, -0.25) is 9.69 Å². The van der Waals surface area contributed by atoms with Gasteiger partial charge in [0.25, 0.3) is 5.92 Å². The first-order valence-electron chi connectivity index (χ1n) is 14.3. The van der Waals surface area contributed by atoms with E-state index >= 15 is 0 Å². The number of carboxylic acids is 1. The van der Waals surface area contributed by atoms with Gasteiger partial charge >= 0.3 is 5.97 Å². The minimum Gasteiger partial charge on any atom is -0.487 e. The fourth-order valence-corrected chi connectivity index (χ4v) is 6.18. The molecule has 1 spiro atoms. The molecule has 2 saturated heterocycles. The van der Waals surface area contributed by atoms with E-state index in [4.69, 9.17) is 9.57 Å². The number of nitrogens with zero attached hydrogens (tertiary/aromatic N) is 3. The summed E-state index contributed by atoms with van der Waals surface area (Å²) in [6.07, 6.45) is 4.03. The van der Waals surface area contributed by atoms with Crippen LogP contribution in [0, 0.1) is 11.2 Å². The van der Waals surface area contributed by atoms with Crippen LogP contribution in [-0.4, -0.2) is 71.0 Å². The van der Waals surface area contributed by atoms with Gasteiger partial charge in [0, 0.05) is 51.3 Å². The standard InChI is InChI=1S/C31H36F3N3O4/c1-29(28(38)39)9-11-37(12-10-29)27-15-31(41-35-27)17-36(18-31)16-20-3-7-23(25(13-20)21-4-5-21)24-8-6-22(32)14-26(24)40-19-30(2,33)34/h3,6-8,13-14,21H,4-5,9-12,15-19H2,1-2H3,(H,38,39). The van der Waals surface area contributed by atoms with Crippen LogP contribution in [0.15, 0.2) is 41.6 Å². The number of carbonyl (C=O) groups is 1. The van der Waals surface area contributed by atoms with Crippen molar-refractivity contribution in [1.29, 1.82) is 0 Å². The zero-order valence-corrected chi connectivity index (χ0v) is 23.5. The number of amidine groups is 1. The summed E-state index contributed by atoms with van der Waals surface area (Å²) in [7, 11) is 0. The number of aliphatic carboxylic acids is 1. The Balaban J connectivity index is 1.09. The Morgan fingerprint density at radius 2 is 1.85 bits per heavy atom. The highest BCUT2D eigenvalue weighted by molar-refractivity contribution is 5.85. The van der Waals surface area contributed by atoms with Crippen molar-refractivity contribution in [2.75, 3.05) is 32.8 Å². The average molecular weight is 572 g/mol. The number of likely N-dealkylation sites (tertiary alicyclic amines) is 2. The van der Waals surface area contributed by atoms with Crippen molar-refractivity contribution in [2.24, 2.45) is 10.6 Å². The summed E-state index contributed by atoms with van der Waals surface area (Å²) in [5.41, 5.74) is 2.80. The van der Waals surface area contributed by atoms with Crippen LogP contribution in [-0.2, 0) is 16.2 Å². The van der Waals surface area contributed by atoms with Gasteiger partial charge in [0.15, 0.2) is 12.2 Å². The van der Waals surface area contributed by atoms with E-state index in [9.17, 15) is 23.1 Å². The molecule has 220 valence electrons. The molecule has 7 nitrogen and oxygen atoms in total. The van der Waals surface area contributed by atoms with Crippen molar-refractivity contribution in [3.05, 3.63) is 53.3 Å². The Kier molecular flexibility index (Phi) is 6.95. The lowest BCUT2D eigenvalue weighted by Crippen LogP contribution is -2.61. The third-order valence-electron chi connectivity index (χ3n) is 8.85. The molecule has 1 aliphatic carbocycles. The summed E-state index contributed by atoms with van der Waals surface area (Å²) in [5.74, 6) is -2.86. The van der Waals surface area contributed by atoms with E-state index in [0.717, 1.165) is 68.3 Å². The van der Waals surface area contributed by atoms with Crippen molar-refractivity contribution in [2.45, 2.75) is 69.9 Å². The first kappa shape index (κ1) is 27.9. The molecule has 0 radical (unpaired) electrons. The number of alkyl halides is 2. The molecule has 0 aromatic heterocycles. The molecule has 2 aromatic rings. The number of rotatable bonds is 8. The van der Waals surface area contributed by atoms with Crippen LogP contribution in [0.5, 0.6) is 5.75 Å². The normalized spacial score (nSPS) is 21.8. The van der Waals surface area contributed by atoms with Crippen molar-refractivity contribution in [3.8, 4) is 16.9 Å². The van der Waals surface area contributed by atoms with Crippen LogP contribution in [0.2, 0.25) is 0 Å². The third kappa shape index (κ3) is 5.89. The number of halogens is 3. The average Bonchev–Trinajstić information content (AvgIpc) is 3.66. The zero-order valence-electron chi connectivity index (χ0n) is 23.5. The maximum Gasteiger partial charge on any atom is 0.309 e. The summed E-state index contributed by atoms with van der Waals surface area (Å²) in [6, 6.07) is 10.3. The van der Waals surface area contributed by atoms with Crippen molar-refractivity contribution < 1.29 is 32.6 Å². The van der Waals surface area contributed by atoms with Gasteiger partial charge in [-0.2, -0.15) is 0 Å². The van der Waals surface area contributed by atoms with Crippen LogP contribution in [0.1, 0.15) is 63.0 Å². The van der Waals surface area contributed by atoms with E-state index in [1.54, 1.807) is 6.07 Å². The monoisotopic (exact) mass is 571 g/mol. The molecule has 4 aliphatic rings. The van der Waals surface area contributed by atoms with Gasteiger partial charge in [-0.25, -0.2) is 13.2 Å². The maximum absolute atomic E-state index is 14.0. The van der Waals surface area contributed by atoms with E-state index in [1.165, 1.54) is 12.1 Å². The Morgan fingerprint density at radius 3 is 2.51 bits per heavy atom. The molecule has 10 heteroatoms. The first-order chi connectivity index (χ1) is 19.4. The zero-order chi connectivity index (χ0) is 29.0. The minimum atomic E-state index is -3.02. The highest BCUT2D eigenvalue weighted by Crippen LogP contribution is 2.47. The lowest BCUT2D eigenvalue weighted by molar-refractivity contribution is -0.150. The van der Waals surface area contributed by atoms with E-state index < -0.39 is 29.7 Å². The number of ether oxygens (including phenoxy) is 1.